The molecule has 6 nitrogen and oxygen atoms in total. The van der Waals surface area contributed by atoms with Gasteiger partial charge in [-0.2, -0.15) is 0 Å². The first-order valence-corrected chi connectivity index (χ1v) is 1.86. The molecule has 0 amide bonds. The molecule has 0 rings (SSSR count). The monoisotopic (exact) mass is 338 g/mol. The zero-order valence-corrected chi connectivity index (χ0v) is 9.92. The molecule has 0 atom stereocenters. The van der Waals surface area contributed by atoms with Crippen LogP contribution >= 0.6 is 0 Å². The van der Waals surface area contributed by atoms with Gasteiger partial charge in [0.05, 0.1) is 0 Å². The van der Waals surface area contributed by atoms with Crippen LogP contribution < -0.4 is 12.3 Å². The van der Waals surface area contributed by atoms with Crippen molar-refractivity contribution in [2.24, 2.45) is 0 Å². The summed E-state index contributed by atoms with van der Waals surface area (Å²) in [6, 6.07) is 0. The summed E-state index contributed by atoms with van der Waals surface area (Å²) in [6.07, 6.45) is 0. The van der Waals surface area contributed by atoms with Crippen molar-refractivity contribution in [1.82, 2.24) is 12.3 Å². The molecule has 0 aromatic carbocycles. The van der Waals surface area contributed by atoms with Gasteiger partial charge < -0.3 is 22.5 Å². The van der Waals surface area contributed by atoms with E-state index in [0.29, 0.717) is 0 Å². The first-order valence-electron chi connectivity index (χ1n) is 1.86. The molecule has 0 aliphatic heterocycles. The standard InChI is InChI=1S/2C2H4O2.2Cu.2H3N.Ni/c2*1-2(3)4;;;;;/h2*1H3,(H,3,4);;;2*1H3;. The second-order valence-corrected chi connectivity index (χ2v) is 1.04. The van der Waals surface area contributed by atoms with E-state index in [1.165, 1.54) is 0 Å². The molecule has 8 N–H and O–H groups in total. The Hall–Kier alpha value is 0.392. The minimum absolute atomic E-state index is 0. The number of carboxylic acid groups (broad SMARTS) is 2. The van der Waals surface area contributed by atoms with Crippen molar-refractivity contribution in [3.05, 3.63) is 0 Å². The van der Waals surface area contributed by atoms with Gasteiger partial charge in [-0.1, -0.05) is 0 Å². The van der Waals surface area contributed by atoms with Gasteiger partial charge in [-0.15, -0.1) is 0 Å². The van der Waals surface area contributed by atoms with Crippen molar-refractivity contribution in [2.75, 3.05) is 0 Å². The van der Waals surface area contributed by atoms with Crippen molar-refractivity contribution in [3.8, 4) is 0 Å². The van der Waals surface area contributed by atoms with Crippen molar-refractivity contribution in [2.45, 2.75) is 13.8 Å². The third-order valence-corrected chi connectivity index (χ3v) is 0. The van der Waals surface area contributed by atoms with Crippen LogP contribution in [0.25, 0.3) is 0 Å². The smallest absolute Gasteiger partial charge is 0.300 e. The van der Waals surface area contributed by atoms with E-state index in [0.717, 1.165) is 13.8 Å². The maximum absolute atomic E-state index is 9.00. The Morgan fingerprint density at radius 1 is 0.846 bits per heavy atom. The second kappa shape index (κ2) is 39.4. The fourth-order valence-corrected chi connectivity index (χ4v) is 0. The summed E-state index contributed by atoms with van der Waals surface area (Å²) in [4.78, 5) is 18.0. The summed E-state index contributed by atoms with van der Waals surface area (Å²) in [5.74, 6) is -1.67. The summed E-state index contributed by atoms with van der Waals surface area (Å²) >= 11 is 0. The predicted molar refractivity (Wildman–Crippen MR) is 36.7 cm³/mol. The van der Waals surface area contributed by atoms with Gasteiger partial charge in [-0.25, -0.2) is 0 Å². The average molecular weight is 340 g/mol. The summed E-state index contributed by atoms with van der Waals surface area (Å²) in [5.41, 5.74) is 0. The van der Waals surface area contributed by atoms with E-state index in [9.17, 15) is 0 Å². The summed E-state index contributed by atoms with van der Waals surface area (Å²) < 4.78 is 0. The molecule has 2 radical (unpaired) electrons. The average Bonchev–Trinajstić information content (AvgIpc) is 1.25. The molecule has 0 bridgehead atoms. The van der Waals surface area contributed by atoms with Gasteiger partial charge in [0.15, 0.2) is 0 Å². The minimum atomic E-state index is -0.833. The number of hydrogen-bond acceptors (Lipinski definition) is 4. The number of hydrogen-bond donors (Lipinski definition) is 4. The van der Waals surface area contributed by atoms with Crippen LogP contribution in [-0.2, 0) is 60.2 Å². The maximum Gasteiger partial charge on any atom is 0.300 e. The van der Waals surface area contributed by atoms with Gasteiger partial charge in [0.2, 0.25) is 0 Å². The van der Waals surface area contributed by atoms with Gasteiger partial charge in [0.25, 0.3) is 11.9 Å². The molecule has 0 spiro atoms. The molecule has 9 heteroatoms. The quantitative estimate of drug-likeness (QED) is 0.473. The molecular weight excluding hydrogens is 326 g/mol. The molecule has 0 saturated carbocycles. The van der Waals surface area contributed by atoms with Crippen molar-refractivity contribution in [1.29, 1.82) is 0 Å². The van der Waals surface area contributed by atoms with Gasteiger partial charge >= 0.3 is 0 Å². The fourth-order valence-electron chi connectivity index (χ4n) is 0. The largest absolute Gasteiger partial charge is 0.481 e. The Labute approximate surface area is 108 Å². The fraction of sp³-hybridized carbons (Fsp3) is 0.500. The van der Waals surface area contributed by atoms with Crippen LogP contribution in [0.15, 0.2) is 0 Å². The van der Waals surface area contributed by atoms with Gasteiger partial charge in [0, 0.05) is 64.5 Å². The van der Waals surface area contributed by atoms with Gasteiger partial charge in [0.1, 0.15) is 0 Å². The first kappa shape index (κ1) is 50.3. The number of rotatable bonds is 0. The van der Waals surface area contributed by atoms with Gasteiger partial charge in [-0.3, -0.25) is 9.59 Å². The SMILES string of the molecule is CC(=O)O.CC(=O)O.N.N.[Cu].[Cu].[Ni]. The second-order valence-electron chi connectivity index (χ2n) is 1.04. The van der Waals surface area contributed by atoms with Crippen LogP contribution in [0.1, 0.15) is 13.8 Å². The third-order valence-electron chi connectivity index (χ3n) is 0. The molecule has 13 heavy (non-hydrogen) atoms. The molecular formula is C4H14Cu2N2NiO4. The van der Waals surface area contributed by atoms with E-state index in [1.807, 2.05) is 0 Å². The van der Waals surface area contributed by atoms with E-state index in [2.05, 4.69) is 0 Å². The number of carboxylic acids is 2. The molecule has 96 valence electrons. The zero-order valence-electron chi connectivity index (χ0n) is 7.04. The van der Waals surface area contributed by atoms with Crippen molar-refractivity contribution < 1.29 is 70.4 Å². The van der Waals surface area contributed by atoms with E-state index in [4.69, 9.17) is 19.8 Å². The Bertz CT molecular complexity index is 86.1. The Balaban J connectivity index is -0.00000000800. The molecule has 0 unspecified atom stereocenters. The van der Waals surface area contributed by atoms with E-state index in [1.54, 1.807) is 0 Å². The van der Waals surface area contributed by atoms with E-state index >= 15 is 0 Å². The summed E-state index contributed by atoms with van der Waals surface area (Å²) in [5, 5.41) is 14.8. The van der Waals surface area contributed by atoms with Crippen LogP contribution in [-0.4, -0.2) is 22.2 Å². The molecule has 0 aromatic heterocycles. The molecule has 0 aromatic rings. The topological polar surface area (TPSA) is 145 Å². The van der Waals surface area contributed by atoms with E-state index in [-0.39, 0.29) is 62.9 Å². The van der Waals surface area contributed by atoms with Crippen LogP contribution in [0, 0.1) is 0 Å². The Kier molecular flexibility index (Phi) is 152. The summed E-state index contributed by atoms with van der Waals surface area (Å²) in [7, 11) is 0. The van der Waals surface area contributed by atoms with Crippen LogP contribution in [0.2, 0.25) is 0 Å². The van der Waals surface area contributed by atoms with Crippen LogP contribution in [0.4, 0.5) is 0 Å². The normalized spacial score (nSPS) is 3.85. The van der Waals surface area contributed by atoms with Crippen molar-refractivity contribution >= 4 is 11.9 Å². The van der Waals surface area contributed by atoms with Gasteiger partial charge in [-0.05, 0) is 0 Å². The van der Waals surface area contributed by atoms with Crippen LogP contribution in [0.5, 0.6) is 0 Å². The minimum Gasteiger partial charge on any atom is -0.481 e. The van der Waals surface area contributed by atoms with Crippen molar-refractivity contribution in [3.63, 3.8) is 0 Å². The zero-order chi connectivity index (χ0) is 7.15. The molecule has 0 aliphatic carbocycles. The maximum atomic E-state index is 9.00. The van der Waals surface area contributed by atoms with Crippen LogP contribution in [0.3, 0.4) is 0 Å². The predicted octanol–water partition coefficient (Wildman–Crippen LogP) is 0.498. The molecule has 0 fully saturated rings. The number of aliphatic carboxylic acids is 2. The van der Waals surface area contributed by atoms with E-state index < -0.39 is 11.9 Å². The summed E-state index contributed by atoms with van der Waals surface area (Å²) in [6.45, 7) is 2.17. The Morgan fingerprint density at radius 2 is 0.846 bits per heavy atom. The molecule has 0 heterocycles. The number of carbonyl (C=O) groups is 2. The molecule has 0 aliphatic rings. The molecule has 0 saturated heterocycles. The third kappa shape index (κ3) is 8690. The Morgan fingerprint density at radius 3 is 0.846 bits per heavy atom. The first-order chi connectivity index (χ1) is 3.46.